The third-order valence-electron chi connectivity index (χ3n) is 2.91. The summed E-state index contributed by atoms with van der Waals surface area (Å²) in [6.45, 7) is 0.468. The molecular formula is C13H14FN5S. The number of anilines is 1. The zero-order chi connectivity index (χ0) is 13.9. The quantitative estimate of drug-likeness (QED) is 0.843. The van der Waals surface area contributed by atoms with Crippen LogP contribution < -0.4 is 10.6 Å². The molecule has 5 nitrogen and oxygen atoms in total. The maximum atomic E-state index is 13.1. The van der Waals surface area contributed by atoms with E-state index >= 15 is 0 Å². The lowest BCUT2D eigenvalue weighted by Crippen LogP contribution is -2.30. The van der Waals surface area contributed by atoms with Gasteiger partial charge in [0.15, 0.2) is 5.11 Å². The van der Waals surface area contributed by atoms with E-state index in [9.17, 15) is 4.39 Å². The minimum Gasteiger partial charge on any atom is -0.360 e. The summed E-state index contributed by atoms with van der Waals surface area (Å²) in [7, 11) is 0. The monoisotopic (exact) mass is 291 g/mol. The van der Waals surface area contributed by atoms with Gasteiger partial charge < -0.3 is 5.32 Å². The van der Waals surface area contributed by atoms with Crippen molar-refractivity contribution in [2.45, 2.75) is 25.4 Å². The van der Waals surface area contributed by atoms with Crippen molar-refractivity contribution in [1.82, 2.24) is 20.1 Å². The summed E-state index contributed by atoms with van der Waals surface area (Å²) in [6, 6.07) is 6.91. The number of thiocarbonyl (C=S) groups is 1. The molecule has 1 aliphatic carbocycles. The molecule has 0 bridgehead atoms. The molecule has 104 valence electrons. The molecule has 7 heteroatoms. The van der Waals surface area contributed by atoms with Crippen molar-refractivity contribution >= 4 is 23.3 Å². The predicted octanol–water partition coefficient (Wildman–Crippen LogP) is 1.91. The van der Waals surface area contributed by atoms with E-state index in [1.54, 1.807) is 17.1 Å². The van der Waals surface area contributed by atoms with Crippen LogP contribution in [0.4, 0.5) is 10.3 Å². The van der Waals surface area contributed by atoms with Crippen LogP contribution in [0.15, 0.2) is 30.6 Å². The molecule has 1 saturated carbocycles. The van der Waals surface area contributed by atoms with E-state index in [1.165, 1.54) is 12.1 Å². The summed E-state index contributed by atoms with van der Waals surface area (Å²) in [6.07, 6.45) is 3.90. The Morgan fingerprint density at radius 3 is 3.05 bits per heavy atom. The van der Waals surface area contributed by atoms with E-state index in [-0.39, 0.29) is 5.82 Å². The lowest BCUT2D eigenvalue weighted by atomic mass is 10.2. The van der Waals surface area contributed by atoms with Crippen LogP contribution in [0.2, 0.25) is 0 Å². The predicted molar refractivity (Wildman–Crippen MR) is 77.9 cm³/mol. The largest absolute Gasteiger partial charge is 0.360 e. The van der Waals surface area contributed by atoms with E-state index < -0.39 is 0 Å². The molecule has 1 aromatic heterocycles. The Labute approximate surface area is 121 Å². The van der Waals surface area contributed by atoms with Crippen LogP contribution in [0.3, 0.4) is 0 Å². The smallest absolute Gasteiger partial charge is 0.248 e. The van der Waals surface area contributed by atoms with E-state index in [0.29, 0.717) is 23.6 Å². The van der Waals surface area contributed by atoms with Crippen LogP contribution in [-0.4, -0.2) is 25.9 Å². The number of benzene rings is 1. The first-order chi connectivity index (χ1) is 9.69. The van der Waals surface area contributed by atoms with Crippen molar-refractivity contribution in [2.75, 3.05) is 5.32 Å². The lowest BCUT2D eigenvalue weighted by Gasteiger charge is -2.05. The molecule has 2 N–H and O–H groups in total. The highest BCUT2D eigenvalue weighted by atomic mass is 32.1. The molecular weight excluding hydrogens is 277 g/mol. The van der Waals surface area contributed by atoms with Crippen molar-refractivity contribution < 1.29 is 4.39 Å². The summed E-state index contributed by atoms with van der Waals surface area (Å²) in [4.78, 5) is 4.12. The molecule has 1 aliphatic rings. The Hall–Kier alpha value is -2.02. The maximum absolute atomic E-state index is 13.1. The molecule has 0 unspecified atom stereocenters. The van der Waals surface area contributed by atoms with Crippen molar-refractivity contribution in [3.63, 3.8) is 0 Å². The van der Waals surface area contributed by atoms with Crippen molar-refractivity contribution in [3.05, 3.63) is 42.0 Å². The minimum atomic E-state index is -0.254. The number of hydrogen-bond donors (Lipinski definition) is 2. The zero-order valence-electron chi connectivity index (χ0n) is 10.7. The number of nitrogens with one attached hydrogen (secondary N) is 2. The van der Waals surface area contributed by atoms with Gasteiger partial charge in [-0.05, 0) is 42.8 Å². The van der Waals surface area contributed by atoms with Gasteiger partial charge in [0, 0.05) is 6.04 Å². The maximum Gasteiger partial charge on any atom is 0.248 e. The first-order valence-corrected chi connectivity index (χ1v) is 6.81. The molecule has 1 fully saturated rings. The number of hydrogen-bond acceptors (Lipinski definition) is 3. The average molecular weight is 291 g/mol. The molecule has 0 saturated heterocycles. The van der Waals surface area contributed by atoms with Crippen molar-refractivity contribution in [1.29, 1.82) is 0 Å². The second kappa shape index (κ2) is 5.54. The highest BCUT2D eigenvalue weighted by Crippen LogP contribution is 2.18. The first-order valence-electron chi connectivity index (χ1n) is 6.40. The SMILES string of the molecule is Fc1cccc(Cn2cnc(NC(=S)NC3CC3)n2)c1. The number of rotatable bonds is 4. The molecule has 1 heterocycles. The highest BCUT2D eigenvalue weighted by Gasteiger charge is 2.22. The van der Waals surface area contributed by atoms with Gasteiger partial charge >= 0.3 is 0 Å². The number of halogens is 1. The minimum absolute atomic E-state index is 0.254. The average Bonchev–Trinajstić information content (AvgIpc) is 3.09. The van der Waals surface area contributed by atoms with Crippen LogP contribution in [0, 0.1) is 5.82 Å². The molecule has 2 aromatic rings. The van der Waals surface area contributed by atoms with Gasteiger partial charge in [0.25, 0.3) is 0 Å². The summed E-state index contributed by atoms with van der Waals surface area (Å²) in [5.74, 6) is 0.190. The van der Waals surface area contributed by atoms with E-state index in [0.717, 1.165) is 18.4 Å². The van der Waals surface area contributed by atoms with Crippen LogP contribution in [0.25, 0.3) is 0 Å². The normalized spacial score (nSPS) is 14.1. The van der Waals surface area contributed by atoms with Crippen molar-refractivity contribution in [2.24, 2.45) is 0 Å². The van der Waals surface area contributed by atoms with Gasteiger partial charge in [0.1, 0.15) is 12.1 Å². The fraction of sp³-hybridized carbons (Fsp3) is 0.308. The number of nitrogens with zero attached hydrogens (tertiary/aromatic N) is 3. The van der Waals surface area contributed by atoms with E-state index in [2.05, 4.69) is 20.7 Å². The molecule has 0 spiro atoms. The third-order valence-corrected chi connectivity index (χ3v) is 3.13. The second-order valence-electron chi connectivity index (χ2n) is 4.77. The van der Waals surface area contributed by atoms with Gasteiger partial charge in [-0.2, -0.15) is 0 Å². The van der Waals surface area contributed by atoms with Gasteiger partial charge in [-0.1, -0.05) is 12.1 Å². The summed E-state index contributed by atoms with van der Waals surface area (Å²) >= 11 is 5.15. The Balaban J connectivity index is 1.59. The Bertz CT molecular complexity index is 623. The van der Waals surface area contributed by atoms with Gasteiger partial charge in [-0.3, -0.25) is 5.32 Å². The standard InChI is InChI=1S/C13H14FN5S/c14-10-3-1-2-9(6-10)7-19-8-15-12(18-19)17-13(20)16-11-4-5-11/h1-3,6,8,11H,4-5,7H2,(H2,16,17,18,20). The van der Waals surface area contributed by atoms with E-state index in [4.69, 9.17) is 12.2 Å². The van der Waals surface area contributed by atoms with Crippen LogP contribution in [-0.2, 0) is 6.54 Å². The Morgan fingerprint density at radius 1 is 1.45 bits per heavy atom. The van der Waals surface area contributed by atoms with Crippen LogP contribution in [0.1, 0.15) is 18.4 Å². The fourth-order valence-electron chi connectivity index (χ4n) is 1.80. The fourth-order valence-corrected chi connectivity index (χ4v) is 2.06. The first kappa shape index (κ1) is 13.0. The van der Waals surface area contributed by atoms with Crippen molar-refractivity contribution in [3.8, 4) is 0 Å². The second-order valence-corrected chi connectivity index (χ2v) is 5.18. The topological polar surface area (TPSA) is 54.8 Å². The lowest BCUT2D eigenvalue weighted by molar-refractivity contribution is 0.619. The molecule has 0 amide bonds. The molecule has 0 atom stereocenters. The molecule has 0 radical (unpaired) electrons. The van der Waals surface area contributed by atoms with Gasteiger partial charge in [0.2, 0.25) is 5.95 Å². The molecule has 1 aromatic carbocycles. The summed E-state index contributed by atoms with van der Waals surface area (Å²) in [5.41, 5.74) is 0.833. The highest BCUT2D eigenvalue weighted by molar-refractivity contribution is 7.80. The number of aromatic nitrogens is 3. The summed E-state index contributed by atoms with van der Waals surface area (Å²) < 4.78 is 14.7. The van der Waals surface area contributed by atoms with Crippen LogP contribution in [0.5, 0.6) is 0 Å². The van der Waals surface area contributed by atoms with Crippen LogP contribution >= 0.6 is 12.2 Å². The molecule has 20 heavy (non-hydrogen) atoms. The third kappa shape index (κ3) is 3.51. The molecule has 0 aliphatic heterocycles. The van der Waals surface area contributed by atoms with E-state index in [1.807, 2.05) is 6.07 Å². The van der Waals surface area contributed by atoms with Gasteiger partial charge in [-0.15, -0.1) is 5.10 Å². The van der Waals surface area contributed by atoms with Gasteiger partial charge in [-0.25, -0.2) is 14.1 Å². The zero-order valence-corrected chi connectivity index (χ0v) is 11.5. The summed E-state index contributed by atoms with van der Waals surface area (Å²) in [5, 5.41) is 10.9. The Morgan fingerprint density at radius 2 is 2.30 bits per heavy atom. The molecule has 3 rings (SSSR count). The van der Waals surface area contributed by atoms with Gasteiger partial charge in [0.05, 0.1) is 6.54 Å². The Kier molecular flexibility index (Phi) is 3.60.